The van der Waals surface area contributed by atoms with Gasteiger partial charge in [0.25, 0.3) is 0 Å². The number of aliphatic imine (C=N–C) groups is 1. The van der Waals surface area contributed by atoms with E-state index in [1.807, 2.05) is 18.2 Å². The molecular weight excluding hydrogens is 192 g/mol. The summed E-state index contributed by atoms with van der Waals surface area (Å²) < 4.78 is 0. The van der Waals surface area contributed by atoms with E-state index in [0.29, 0.717) is 0 Å². The van der Waals surface area contributed by atoms with Gasteiger partial charge in [-0.1, -0.05) is 6.08 Å². The smallest absolute Gasteiger partial charge is 0.354 e. The van der Waals surface area contributed by atoms with E-state index >= 15 is 0 Å². The fraction of sp³-hybridized carbons (Fsp3) is 0.0909. The Morgan fingerprint density at radius 3 is 3.07 bits per heavy atom. The zero-order valence-corrected chi connectivity index (χ0v) is 7.82. The van der Waals surface area contributed by atoms with E-state index < -0.39 is 5.97 Å². The van der Waals surface area contributed by atoms with Gasteiger partial charge in [-0.05, 0) is 18.2 Å². The number of benzene rings is 1. The molecule has 2 N–H and O–H groups in total. The molecule has 0 unspecified atom stereocenters. The maximum absolute atomic E-state index is 10.8. The molecule has 0 atom stereocenters. The van der Waals surface area contributed by atoms with Gasteiger partial charge in [0.05, 0.1) is 5.69 Å². The molecule has 1 aromatic rings. The van der Waals surface area contributed by atoms with E-state index in [1.54, 1.807) is 6.08 Å². The lowest BCUT2D eigenvalue weighted by molar-refractivity contribution is -0.129. The second kappa shape index (κ2) is 2.70. The fourth-order valence-corrected chi connectivity index (χ4v) is 1.92. The van der Waals surface area contributed by atoms with Crippen molar-refractivity contribution in [3.63, 3.8) is 0 Å². The van der Waals surface area contributed by atoms with E-state index in [0.717, 1.165) is 28.4 Å². The summed E-state index contributed by atoms with van der Waals surface area (Å²) in [5.41, 5.74) is 1.90. The maximum Gasteiger partial charge on any atom is 0.354 e. The van der Waals surface area contributed by atoms with Crippen LogP contribution in [0.5, 0.6) is 0 Å². The first-order valence-electron chi connectivity index (χ1n) is 4.66. The number of carboxylic acid groups (broad SMARTS) is 1. The van der Waals surface area contributed by atoms with E-state index in [1.165, 1.54) is 0 Å². The summed E-state index contributed by atoms with van der Waals surface area (Å²) in [5, 5.41) is 14.0. The van der Waals surface area contributed by atoms with Gasteiger partial charge in [0.2, 0.25) is 0 Å². The predicted octanol–water partition coefficient (Wildman–Crippen LogP) is -0.156. The minimum atomic E-state index is -0.981. The van der Waals surface area contributed by atoms with Gasteiger partial charge in [-0.2, -0.15) is 0 Å². The molecule has 0 aliphatic carbocycles. The van der Waals surface area contributed by atoms with E-state index in [4.69, 9.17) is 5.11 Å². The van der Waals surface area contributed by atoms with Gasteiger partial charge in [0.15, 0.2) is 0 Å². The average molecular weight is 200 g/mol. The van der Waals surface area contributed by atoms with Crippen molar-refractivity contribution in [2.45, 2.75) is 0 Å². The summed E-state index contributed by atoms with van der Waals surface area (Å²) in [7, 11) is 0. The second-order valence-electron chi connectivity index (χ2n) is 3.49. The topological polar surface area (TPSA) is 61.7 Å². The summed E-state index contributed by atoms with van der Waals surface area (Å²) in [4.78, 5) is 14.8. The molecule has 0 saturated heterocycles. The van der Waals surface area contributed by atoms with Crippen LogP contribution < -0.4 is 15.8 Å². The lowest BCUT2D eigenvalue weighted by Crippen LogP contribution is -2.23. The SMILES string of the molecule is O=C(O)C1=Nc2ccc3c(c2=C1)=CCN3. The molecule has 0 fully saturated rings. The van der Waals surface area contributed by atoms with Crippen molar-refractivity contribution >= 4 is 35.2 Å². The Morgan fingerprint density at radius 1 is 1.40 bits per heavy atom. The molecular formula is C11H8N2O2. The molecule has 0 spiro atoms. The number of anilines is 1. The van der Waals surface area contributed by atoms with Gasteiger partial charge in [-0.25, -0.2) is 9.79 Å². The number of nitrogens with one attached hydrogen (secondary N) is 1. The van der Waals surface area contributed by atoms with Gasteiger partial charge in [0, 0.05) is 22.7 Å². The Kier molecular flexibility index (Phi) is 1.48. The number of carbonyl (C=O) groups is 1. The monoisotopic (exact) mass is 200 g/mol. The van der Waals surface area contributed by atoms with Crippen LogP contribution in [0.15, 0.2) is 17.1 Å². The van der Waals surface area contributed by atoms with Crippen LogP contribution in [0.4, 0.5) is 11.4 Å². The normalized spacial score (nSPS) is 15.6. The molecule has 0 amide bonds. The largest absolute Gasteiger partial charge is 0.477 e. The Hall–Kier alpha value is -2.10. The predicted molar refractivity (Wildman–Crippen MR) is 57.8 cm³/mol. The van der Waals surface area contributed by atoms with Crippen molar-refractivity contribution < 1.29 is 9.90 Å². The molecule has 3 rings (SSSR count). The molecule has 0 aromatic heterocycles. The zero-order valence-electron chi connectivity index (χ0n) is 7.82. The zero-order chi connectivity index (χ0) is 10.4. The molecule has 15 heavy (non-hydrogen) atoms. The molecule has 2 aliphatic rings. The lowest BCUT2D eigenvalue weighted by atomic mass is 10.2. The summed E-state index contributed by atoms with van der Waals surface area (Å²) in [6.45, 7) is 0.794. The van der Waals surface area contributed by atoms with Crippen molar-refractivity contribution in [2.24, 2.45) is 4.99 Å². The Bertz CT molecular complexity index is 614. The van der Waals surface area contributed by atoms with Crippen LogP contribution in [-0.2, 0) is 4.79 Å². The fourth-order valence-electron chi connectivity index (χ4n) is 1.92. The quantitative estimate of drug-likeness (QED) is 0.662. The third kappa shape index (κ3) is 1.08. The number of fused-ring (bicyclic) bond motifs is 3. The number of nitrogens with zero attached hydrogens (tertiary/aromatic N) is 1. The second-order valence-corrected chi connectivity index (χ2v) is 3.49. The summed E-state index contributed by atoms with van der Waals surface area (Å²) in [5.74, 6) is -0.981. The Balaban J connectivity index is 2.33. The van der Waals surface area contributed by atoms with Crippen LogP contribution in [0.3, 0.4) is 0 Å². The van der Waals surface area contributed by atoms with Crippen LogP contribution in [0.1, 0.15) is 0 Å². The van der Waals surface area contributed by atoms with Gasteiger partial charge in [-0.3, -0.25) is 0 Å². The van der Waals surface area contributed by atoms with Gasteiger partial charge < -0.3 is 10.4 Å². The molecule has 0 saturated carbocycles. The molecule has 2 heterocycles. The first-order chi connectivity index (χ1) is 7.25. The molecule has 4 heteroatoms. The highest BCUT2D eigenvalue weighted by atomic mass is 16.4. The Morgan fingerprint density at radius 2 is 2.27 bits per heavy atom. The Labute approximate surface area is 85.3 Å². The molecule has 1 aromatic carbocycles. The summed E-state index contributed by atoms with van der Waals surface area (Å²) in [6.07, 6.45) is 3.67. The van der Waals surface area contributed by atoms with Crippen LogP contribution >= 0.6 is 0 Å². The first-order valence-corrected chi connectivity index (χ1v) is 4.66. The van der Waals surface area contributed by atoms with Gasteiger partial charge in [-0.15, -0.1) is 0 Å². The van der Waals surface area contributed by atoms with Crippen LogP contribution in [0.2, 0.25) is 0 Å². The van der Waals surface area contributed by atoms with Crippen molar-refractivity contribution in [1.82, 2.24) is 0 Å². The van der Waals surface area contributed by atoms with Crippen LogP contribution in [0, 0.1) is 0 Å². The minimum Gasteiger partial charge on any atom is -0.477 e. The number of hydrogen-bond acceptors (Lipinski definition) is 3. The maximum atomic E-state index is 10.8. The van der Waals surface area contributed by atoms with Crippen LogP contribution in [-0.4, -0.2) is 23.3 Å². The van der Waals surface area contributed by atoms with Crippen molar-refractivity contribution in [1.29, 1.82) is 0 Å². The van der Waals surface area contributed by atoms with Crippen molar-refractivity contribution in [2.75, 3.05) is 11.9 Å². The molecule has 2 aliphatic heterocycles. The molecule has 74 valence electrons. The third-order valence-electron chi connectivity index (χ3n) is 2.60. The molecule has 0 bridgehead atoms. The van der Waals surface area contributed by atoms with Crippen LogP contribution in [0.25, 0.3) is 12.2 Å². The molecule has 4 nitrogen and oxygen atoms in total. The highest BCUT2D eigenvalue weighted by Crippen LogP contribution is 2.13. The lowest BCUT2D eigenvalue weighted by Gasteiger charge is -1.97. The van der Waals surface area contributed by atoms with E-state index in [9.17, 15) is 4.79 Å². The number of hydrogen-bond donors (Lipinski definition) is 2. The van der Waals surface area contributed by atoms with Crippen molar-refractivity contribution in [3.8, 4) is 0 Å². The third-order valence-corrected chi connectivity index (χ3v) is 2.60. The summed E-state index contributed by atoms with van der Waals surface area (Å²) >= 11 is 0. The minimum absolute atomic E-state index is 0.110. The number of carboxylic acids is 1. The average Bonchev–Trinajstić information content (AvgIpc) is 2.82. The first kappa shape index (κ1) is 8.23. The number of rotatable bonds is 1. The highest BCUT2D eigenvalue weighted by Gasteiger charge is 2.15. The van der Waals surface area contributed by atoms with Crippen molar-refractivity contribution in [3.05, 3.63) is 22.6 Å². The standard InChI is InChI=1S/C11H8N2O2/c14-11(15)10-5-7-6-3-4-12-8(6)1-2-9(7)13-10/h1-3,5,12H,4H2,(H,14,15). The van der Waals surface area contributed by atoms with Gasteiger partial charge in [0.1, 0.15) is 5.71 Å². The summed E-state index contributed by atoms with van der Waals surface area (Å²) in [6, 6.07) is 3.77. The van der Waals surface area contributed by atoms with E-state index in [-0.39, 0.29) is 5.71 Å². The molecule has 0 radical (unpaired) electrons. The van der Waals surface area contributed by atoms with E-state index in [2.05, 4.69) is 10.3 Å². The highest BCUT2D eigenvalue weighted by molar-refractivity contribution is 6.49. The number of aliphatic carboxylic acids is 1. The van der Waals surface area contributed by atoms with Gasteiger partial charge >= 0.3 is 5.97 Å².